The third-order valence-electron chi connectivity index (χ3n) is 6.93. The van der Waals surface area contributed by atoms with E-state index in [2.05, 4.69) is 23.7 Å². The summed E-state index contributed by atoms with van der Waals surface area (Å²) >= 11 is 0. The minimum atomic E-state index is -0.470. The molecule has 2 aliphatic rings. The number of carbonyl (C=O) groups excluding carboxylic acids is 2. The van der Waals surface area contributed by atoms with Gasteiger partial charge in [0.25, 0.3) is 5.91 Å². The molecule has 2 heterocycles. The van der Waals surface area contributed by atoms with Gasteiger partial charge in [0.05, 0.1) is 12.2 Å². The number of ketones is 1. The molecule has 0 radical (unpaired) electrons. The van der Waals surface area contributed by atoms with Crippen molar-refractivity contribution in [1.29, 1.82) is 0 Å². The first-order chi connectivity index (χ1) is 15.3. The average molecular weight is 433 g/mol. The number of amides is 1. The van der Waals surface area contributed by atoms with Crippen molar-refractivity contribution < 1.29 is 14.7 Å². The second kappa shape index (κ2) is 7.46. The summed E-state index contributed by atoms with van der Waals surface area (Å²) in [6.07, 6.45) is 0. The minimum Gasteiger partial charge on any atom is -0.399 e. The summed E-state index contributed by atoms with van der Waals surface area (Å²) in [6, 6.07) is 11.0. The first-order valence-electron chi connectivity index (χ1n) is 11.0. The van der Waals surface area contributed by atoms with Crippen LogP contribution in [0.4, 0.5) is 5.69 Å². The lowest BCUT2D eigenvalue weighted by atomic mass is 9.71. The highest BCUT2D eigenvalue weighted by Gasteiger charge is 2.40. The Morgan fingerprint density at radius 1 is 1.12 bits per heavy atom. The van der Waals surface area contributed by atoms with Crippen molar-refractivity contribution in [3.63, 3.8) is 0 Å². The number of nitrogens with one attached hydrogen (secondary N) is 1. The molecule has 4 N–H and O–H groups in total. The summed E-state index contributed by atoms with van der Waals surface area (Å²) in [5.74, 6) is -0.0446. The van der Waals surface area contributed by atoms with Gasteiger partial charge in [-0.25, -0.2) is 0 Å². The van der Waals surface area contributed by atoms with Gasteiger partial charge in [-0.3, -0.25) is 14.5 Å². The average Bonchev–Trinajstić information content (AvgIpc) is 3.17. The van der Waals surface area contributed by atoms with E-state index in [-0.39, 0.29) is 18.3 Å². The molecule has 1 aromatic heterocycles. The van der Waals surface area contributed by atoms with Crippen molar-refractivity contribution in [2.75, 3.05) is 45.1 Å². The normalized spacial score (nSPS) is 18.0. The van der Waals surface area contributed by atoms with E-state index in [0.717, 1.165) is 35.2 Å². The number of aromatic amines is 1. The second-order valence-corrected chi connectivity index (χ2v) is 9.25. The molecule has 1 fully saturated rings. The topological polar surface area (TPSA) is 103 Å². The molecule has 1 aliphatic carbocycles. The van der Waals surface area contributed by atoms with E-state index in [1.54, 1.807) is 12.1 Å². The number of aliphatic hydroxyl groups is 1. The Balaban J connectivity index is 1.51. The summed E-state index contributed by atoms with van der Waals surface area (Å²) in [5.41, 5.74) is 10.6. The van der Waals surface area contributed by atoms with Crippen LogP contribution in [0.25, 0.3) is 10.9 Å². The lowest BCUT2D eigenvalue weighted by Crippen LogP contribution is -2.49. The highest BCUT2D eigenvalue weighted by atomic mass is 16.3. The Morgan fingerprint density at radius 2 is 1.88 bits per heavy atom. The van der Waals surface area contributed by atoms with Crippen molar-refractivity contribution >= 4 is 28.3 Å². The number of hydrogen-bond donors (Lipinski definition) is 3. The maximum atomic E-state index is 13.5. The summed E-state index contributed by atoms with van der Waals surface area (Å²) in [6.45, 7) is 7.69. The summed E-state index contributed by atoms with van der Waals surface area (Å²) in [5, 5.41) is 10.00. The fraction of sp³-hybridized carbons (Fsp3) is 0.360. The number of nitrogens with zero attached hydrogens (tertiary/aromatic N) is 2. The zero-order chi connectivity index (χ0) is 22.6. The Morgan fingerprint density at radius 3 is 2.59 bits per heavy atom. The lowest BCUT2D eigenvalue weighted by molar-refractivity contribution is 0.0614. The van der Waals surface area contributed by atoms with Crippen molar-refractivity contribution in [2.45, 2.75) is 19.3 Å². The van der Waals surface area contributed by atoms with Crippen molar-refractivity contribution in [1.82, 2.24) is 14.8 Å². The van der Waals surface area contributed by atoms with E-state index in [0.29, 0.717) is 42.0 Å². The largest absolute Gasteiger partial charge is 0.399 e. The van der Waals surface area contributed by atoms with Crippen LogP contribution >= 0.6 is 0 Å². The van der Waals surface area contributed by atoms with Gasteiger partial charge in [-0.1, -0.05) is 19.9 Å². The van der Waals surface area contributed by atoms with Crippen LogP contribution in [0.5, 0.6) is 0 Å². The molecule has 32 heavy (non-hydrogen) atoms. The quantitative estimate of drug-likeness (QED) is 0.552. The van der Waals surface area contributed by atoms with E-state index in [1.165, 1.54) is 0 Å². The lowest BCUT2D eigenvalue weighted by Gasteiger charge is -2.35. The highest BCUT2D eigenvalue weighted by molar-refractivity contribution is 6.20. The number of rotatable bonds is 3. The fourth-order valence-corrected chi connectivity index (χ4v) is 5.08. The molecule has 3 aromatic rings. The van der Waals surface area contributed by atoms with Crippen molar-refractivity contribution in [3.8, 4) is 0 Å². The van der Waals surface area contributed by atoms with Crippen LogP contribution in [0.1, 0.15) is 51.4 Å². The molecule has 7 nitrogen and oxygen atoms in total. The first-order valence-corrected chi connectivity index (χ1v) is 11.0. The Labute approximate surface area is 186 Å². The van der Waals surface area contributed by atoms with Crippen LogP contribution in [0.15, 0.2) is 36.4 Å². The molecule has 5 rings (SSSR count). The molecule has 0 atom stereocenters. The molecule has 0 saturated carbocycles. The Bertz CT molecular complexity index is 1240. The molecule has 7 heteroatoms. The van der Waals surface area contributed by atoms with Gasteiger partial charge in [0, 0.05) is 71.5 Å². The smallest absolute Gasteiger partial charge is 0.253 e. The minimum absolute atomic E-state index is 0.0186. The molecule has 166 valence electrons. The van der Waals surface area contributed by atoms with E-state index in [9.17, 15) is 9.59 Å². The number of aliphatic hydroxyl groups excluding tert-OH is 1. The van der Waals surface area contributed by atoms with Crippen molar-refractivity contribution in [2.24, 2.45) is 0 Å². The van der Waals surface area contributed by atoms with E-state index >= 15 is 0 Å². The molecular formula is C25H28N4O3. The van der Waals surface area contributed by atoms with Crippen LogP contribution in [0, 0.1) is 0 Å². The van der Waals surface area contributed by atoms with Crippen LogP contribution in [-0.2, 0) is 5.41 Å². The molecule has 1 amide bonds. The zero-order valence-electron chi connectivity index (χ0n) is 18.4. The SMILES string of the molecule is CC1(C)c2cc(C(=O)N3CCN(CCO)CC3)ccc2C(=O)c2c1[nH]c1cc(N)ccc21. The number of piperazine rings is 1. The third kappa shape index (κ3) is 3.12. The fourth-order valence-electron chi connectivity index (χ4n) is 5.08. The Hall–Kier alpha value is -3.16. The Kier molecular flexibility index (Phi) is 4.83. The van der Waals surface area contributed by atoms with Gasteiger partial charge >= 0.3 is 0 Å². The first kappa shape index (κ1) is 20.7. The van der Waals surface area contributed by atoms with Crippen molar-refractivity contribution in [3.05, 3.63) is 64.3 Å². The van der Waals surface area contributed by atoms with Gasteiger partial charge in [-0.05, 0) is 35.9 Å². The van der Waals surface area contributed by atoms with E-state index < -0.39 is 5.41 Å². The number of benzene rings is 2. The third-order valence-corrected chi connectivity index (χ3v) is 6.93. The molecule has 1 aliphatic heterocycles. The predicted octanol–water partition coefficient (Wildman–Crippen LogP) is 2.37. The molecular weight excluding hydrogens is 404 g/mol. The van der Waals surface area contributed by atoms with Gasteiger partial charge in [0.1, 0.15) is 0 Å². The number of β-amino-alcohol motifs (C(OH)–C–C–N with tert-alkyl or cyclic N) is 1. The van der Waals surface area contributed by atoms with Crippen LogP contribution < -0.4 is 5.73 Å². The van der Waals surface area contributed by atoms with E-state index in [1.807, 2.05) is 29.2 Å². The molecule has 1 saturated heterocycles. The number of fused-ring (bicyclic) bond motifs is 4. The summed E-state index contributed by atoms with van der Waals surface area (Å²) < 4.78 is 0. The highest BCUT2D eigenvalue weighted by Crippen LogP contribution is 2.44. The van der Waals surface area contributed by atoms with E-state index in [4.69, 9.17) is 10.8 Å². The number of nitrogens with two attached hydrogens (primary N) is 1. The monoisotopic (exact) mass is 432 g/mol. The number of aromatic nitrogens is 1. The summed E-state index contributed by atoms with van der Waals surface area (Å²) in [4.78, 5) is 34.1. The predicted molar refractivity (Wildman–Crippen MR) is 124 cm³/mol. The molecule has 0 spiro atoms. The number of hydrogen-bond acceptors (Lipinski definition) is 5. The van der Waals surface area contributed by atoms with Gasteiger partial charge in [-0.15, -0.1) is 0 Å². The van der Waals surface area contributed by atoms with Crippen LogP contribution in [-0.4, -0.2) is 70.9 Å². The van der Waals surface area contributed by atoms with Gasteiger partial charge in [-0.2, -0.15) is 0 Å². The number of nitrogen functional groups attached to an aromatic ring is 1. The molecule has 0 bridgehead atoms. The number of anilines is 1. The maximum absolute atomic E-state index is 13.5. The second-order valence-electron chi connectivity index (χ2n) is 9.25. The number of H-pyrrole nitrogens is 1. The standard InChI is InChI=1S/C25H28N4O3/c1-25(2)19-13-15(24(32)29-9-7-28(8-10-29)11-12-30)3-5-17(19)22(31)21-18-6-4-16(26)14-20(18)27-23(21)25/h3-6,13-14,27,30H,7-12,26H2,1-2H3. The molecule has 2 aromatic carbocycles. The number of carbonyl (C=O) groups is 2. The van der Waals surface area contributed by atoms with Gasteiger partial charge in [0.15, 0.2) is 5.78 Å². The van der Waals surface area contributed by atoms with Gasteiger partial charge in [0.2, 0.25) is 0 Å². The van der Waals surface area contributed by atoms with Crippen LogP contribution in [0.3, 0.4) is 0 Å². The maximum Gasteiger partial charge on any atom is 0.253 e. The molecule has 0 unspecified atom stereocenters. The van der Waals surface area contributed by atoms with Crippen LogP contribution in [0.2, 0.25) is 0 Å². The van der Waals surface area contributed by atoms with Gasteiger partial charge < -0.3 is 20.7 Å². The summed E-state index contributed by atoms with van der Waals surface area (Å²) in [7, 11) is 0. The zero-order valence-corrected chi connectivity index (χ0v) is 18.4.